The number of carbonyl (C=O) groups excluding carboxylic acids is 1. The lowest BCUT2D eigenvalue weighted by Gasteiger charge is -2.24. The Hall–Kier alpha value is -0.670. The van der Waals surface area contributed by atoms with Crippen LogP contribution < -0.4 is 0 Å². The average molecular weight is 170 g/mol. The molecule has 1 heterocycles. The monoisotopic (exact) mass is 170 g/mol. The Labute approximate surface area is 72.4 Å². The van der Waals surface area contributed by atoms with E-state index in [-0.39, 0.29) is 18.7 Å². The van der Waals surface area contributed by atoms with Crippen molar-refractivity contribution in [1.29, 1.82) is 0 Å². The third-order valence-electron chi connectivity index (χ3n) is 1.86. The van der Waals surface area contributed by atoms with Gasteiger partial charge >= 0.3 is 0 Å². The lowest BCUT2D eigenvalue weighted by Crippen LogP contribution is -2.29. The summed E-state index contributed by atoms with van der Waals surface area (Å²) in [5.41, 5.74) is 0.925. The Morgan fingerprint density at radius 1 is 1.67 bits per heavy atom. The summed E-state index contributed by atoms with van der Waals surface area (Å²) in [6.45, 7) is 4.16. The number of ether oxygens (including phenoxy) is 2. The molecule has 0 amide bonds. The zero-order valence-corrected chi connectivity index (χ0v) is 7.66. The van der Waals surface area contributed by atoms with Gasteiger partial charge in [-0.15, -0.1) is 0 Å². The van der Waals surface area contributed by atoms with Crippen LogP contribution >= 0.6 is 0 Å². The summed E-state index contributed by atoms with van der Waals surface area (Å²) in [5.74, 6) is 0.311. The summed E-state index contributed by atoms with van der Waals surface area (Å²) >= 11 is 0. The Balaban J connectivity index is 2.80. The minimum absolute atomic E-state index is 0.0204. The second-order valence-corrected chi connectivity index (χ2v) is 3.14. The number of rotatable bonds is 2. The molecule has 3 heteroatoms. The molecule has 0 aromatic carbocycles. The maximum absolute atomic E-state index is 11.0. The van der Waals surface area contributed by atoms with Gasteiger partial charge in [-0.1, -0.05) is 13.8 Å². The summed E-state index contributed by atoms with van der Waals surface area (Å²) < 4.78 is 10.2. The lowest BCUT2D eigenvalue weighted by molar-refractivity contribution is -0.140. The van der Waals surface area contributed by atoms with E-state index < -0.39 is 0 Å². The first-order chi connectivity index (χ1) is 5.65. The van der Waals surface area contributed by atoms with Crippen molar-refractivity contribution in [2.45, 2.75) is 20.1 Å². The maximum Gasteiger partial charge on any atom is 0.181 e. The van der Waals surface area contributed by atoms with E-state index in [0.717, 1.165) is 5.57 Å². The molecule has 0 saturated heterocycles. The van der Waals surface area contributed by atoms with E-state index in [1.165, 1.54) is 0 Å². The molecule has 12 heavy (non-hydrogen) atoms. The van der Waals surface area contributed by atoms with Gasteiger partial charge in [0.15, 0.2) is 12.1 Å². The fraction of sp³-hybridized carbons (Fsp3) is 0.667. The minimum Gasteiger partial charge on any atom is -0.352 e. The van der Waals surface area contributed by atoms with Crippen molar-refractivity contribution >= 4 is 5.78 Å². The van der Waals surface area contributed by atoms with Gasteiger partial charge in [0.2, 0.25) is 0 Å². The third-order valence-corrected chi connectivity index (χ3v) is 1.86. The number of hydrogen-bond donors (Lipinski definition) is 0. The second-order valence-electron chi connectivity index (χ2n) is 3.14. The molecule has 0 N–H and O–H groups in total. The lowest BCUT2D eigenvalue weighted by atomic mass is 10.00. The number of carbonyl (C=O) groups is 1. The smallest absolute Gasteiger partial charge is 0.181 e. The molecule has 1 rings (SSSR count). The van der Waals surface area contributed by atoms with Crippen molar-refractivity contribution in [3.8, 4) is 0 Å². The highest BCUT2D eigenvalue weighted by Crippen LogP contribution is 2.20. The molecule has 68 valence electrons. The molecular weight excluding hydrogens is 156 g/mol. The summed E-state index contributed by atoms with van der Waals surface area (Å²) in [5, 5.41) is 0. The van der Waals surface area contributed by atoms with Crippen LogP contribution in [0, 0.1) is 5.92 Å². The molecule has 0 bridgehead atoms. The third kappa shape index (κ3) is 1.93. The van der Waals surface area contributed by atoms with Crippen molar-refractivity contribution in [3.05, 3.63) is 11.6 Å². The highest BCUT2D eigenvalue weighted by molar-refractivity contribution is 5.92. The van der Waals surface area contributed by atoms with E-state index in [0.29, 0.717) is 5.92 Å². The Kier molecular flexibility index (Phi) is 3.00. The number of methoxy groups -OCH3 is 1. The Bertz CT molecular complexity index is 206. The van der Waals surface area contributed by atoms with Gasteiger partial charge < -0.3 is 9.47 Å². The minimum atomic E-state index is -0.331. The first-order valence-corrected chi connectivity index (χ1v) is 4.04. The van der Waals surface area contributed by atoms with Crippen LogP contribution in [0.2, 0.25) is 0 Å². The van der Waals surface area contributed by atoms with Gasteiger partial charge in [-0.25, -0.2) is 0 Å². The summed E-state index contributed by atoms with van der Waals surface area (Å²) in [6.07, 6.45) is 1.30. The number of ketones is 1. The van der Waals surface area contributed by atoms with Gasteiger partial charge in [0.05, 0.1) is 0 Å². The molecule has 1 atom stereocenters. The van der Waals surface area contributed by atoms with E-state index >= 15 is 0 Å². The van der Waals surface area contributed by atoms with Crippen molar-refractivity contribution in [3.63, 3.8) is 0 Å². The van der Waals surface area contributed by atoms with Gasteiger partial charge in [0.1, 0.15) is 6.61 Å². The van der Waals surface area contributed by atoms with Crippen LogP contribution in [0.4, 0.5) is 0 Å². The zero-order valence-electron chi connectivity index (χ0n) is 7.66. The Morgan fingerprint density at radius 3 is 2.83 bits per heavy atom. The van der Waals surface area contributed by atoms with E-state index in [1.807, 2.05) is 13.8 Å². The second kappa shape index (κ2) is 3.83. The van der Waals surface area contributed by atoms with Crippen LogP contribution in [0.15, 0.2) is 11.6 Å². The Morgan fingerprint density at radius 2 is 2.33 bits per heavy atom. The molecule has 1 aliphatic heterocycles. The van der Waals surface area contributed by atoms with Crippen LogP contribution in [0.3, 0.4) is 0 Å². The highest BCUT2D eigenvalue weighted by Gasteiger charge is 2.23. The van der Waals surface area contributed by atoms with Crippen LogP contribution in [-0.2, 0) is 14.3 Å². The molecular formula is C9H14O3. The van der Waals surface area contributed by atoms with Crippen LogP contribution in [0.1, 0.15) is 13.8 Å². The van der Waals surface area contributed by atoms with Crippen LogP contribution in [0.25, 0.3) is 0 Å². The molecule has 0 aromatic rings. The van der Waals surface area contributed by atoms with Crippen molar-refractivity contribution < 1.29 is 14.3 Å². The fourth-order valence-electron chi connectivity index (χ4n) is 1.19. The van der Waals surface area contributed by atoms with E-state index in [9.17, 15) is 4.79 Å². The van der Waals surface area contributed by atoms with Crippen LogP contribution in [-0.4, -0.2) is 25.8 Å². The van der Waals surface area contributed by atoms with Crippen molar-refractivity contribution in [2.75, 3.05) is 13.7 Å². The predicted octanol–water partition coefficient (Wildman–Crippen LogP) is 1.14. The van der Waals surface area contributed by atoms with Gasteiger partial charge in [-0.3, -0.25) is 4.79 Å². The molecule has 1 aliphatic rings. The topological polar surface area (TPSA) is 35.5 Å². The fourth-order valence-corrected chi connectivity index (χ4v) is 1.19. The average Bonchev–Trinajstić information content (AvgIpc) is 2.04. The normalized spacial score (nSPS) is 24.5. The quantitative estimate of drug-likeness (QED) is 0.623. The molecule has 0 radical (unpaired) electrons. The van der Waals surface area contributed by atoms with Gasteiger partial charge in [0.25, 0.3) is 0 Å². The molecule has 0 aromatic heterocycles. The predicted molar refractivity (Wildman–Crippen MR) is 44.7 cm³/mol. The standard InChI is InChI=1S/C9H14O3/c1-6(2)8-4-7(10)5-12-9(8)11-3/h4,6,9H,5H2,1-3H3. The first-order valence-electron chi connectivity index (χ1n) is 4.04. The number of hydrogen-bond acceptors (Lipinski definition) is 3. The highest BCUT2D eigenvalue weighted by atomic mass is 16.7. The molecule has 0 aliphatic carbocycles. The SMILES string of the molecule is COC1OCC(=O)C=C1C(C)C. The van der Waals surface area contributed by atoms with Crippen molar-refractivity contribution in [2.24, 2.45) is 5.92 Å². The summed E-state index contributed by atoms with van der Waals surface area (Å²) in [4.78, 5) is 11.0. The van der Waals surface area contributed by atoms with E-state index in [2.05, 4.69) is 0 Å². The van der Waals surface area contributed by atoms with Crippen molar-refractivity contribution in [1.82, 2.24) is 0 Å². The van der Waals surface area contributed by atoms with E-state index in [1.54, 1.807) is 13.2 Å². The maximum atomic E-state index is 11.0. The van der Waals surface area contributed by atoms with Crippen LogP contribution in [0.5, 0.6) is 0 Å². The van der Waals surface area contributed by atoms with E-state index in [4.69, 9.17) is 9.47 Å². The summed E-state index contributed by atoms with van der Waals surface area (Å²) in [7, 11) is 1.58. The molecule has 0 saturated carbocycles. The van der Waals surface area contributed by atoms with Gasteiger partial charge in [-0.05, 0) is 17.6 Å². The largest absolute Gasteiger partial charge is 0.352 e. The molecule has 0 fully saturated rings. The first kappa shape index (κ1) is 9.42. The molecule has 3 nitrogen and oxygen atoms in total. The molecule has 1 unspecified atom stereocenters. The van der Waals surface area contributed by atoms with Gasteiger partial charge in [-0.2, -0.15) is 0 Å². The molecule has 0 spiro atoms. The van der Waals surface area contributed by atoms with Gasteiger partial charge in [0, 0.05) is 7.11 Å². The summed E-state index contributed by atoms with van der Waals surface area (Å²) in [6, 6.07) is 0. The zero-order chi connectivity index (χ0) is 9.14.